The first-order valence-corrected chi connectivity index (χ1v) is 4.26. The van der Waals surface area contributed by atoms with E-state index in [-0.39, 0.29) is 5.82 Å². The van der Waals surface area contributed by atoms with E-state index in [1.807, 2.05) is 0 Å². The highest BCUT2D eigenvalue weighted by Crippen LogP contribution is 2.21. The molecule has 0 aliphatic rings. The third kappa shape index (κ3) is 1.99. The first-order chi connectivity index (χ1) is 6.70. The van der Waals surface area contributed by atoms with Gasteiger partial charge < -0.3 is 4.90 Å². The van der Waals surface area contributed by atoms with Gasteiger partial charge in [0.05, 0.1) is 5.69 Å². The molecule has 14 heavy (non-hydrogen) atoms. The first-order valence-electron chi connectivity index (χ1n) is 4.26. The molecule has 0 saturated carbocycles. The fourth-order valence-electron chi connectivity index (χ4n) is 1.31. The van der Waals surface area contributed by atoms with E-state index in [1.165, 1.54) is 12.1 Å². The van der Waals surface area contributed by atoms with Gasteiger partial charge in [0.25, 0.3) is 0 Å². The quantitative estimate of drug-likeness (QED) is 0.540. The molecule has 0 bridgehead atoms. The van der Waals surface area contributed by atoms with Crippen LogP contribution in [-0.2, 0) is 0 Å². The first kappa shape index (κ1) is 10.4. The van der Waals surface area contributed by atoms with Gasteiger partial charge in [-0.2, -0.15) is 0 Å². The van der Waals surface area contributed by atoms with Crippen LogP contribution in [0.5, 0.6) is 0 Å². The maximum atomic E-state index is 13.4. The van der Waals surface area contributed by atoms with Gasteiger partial charge in [0.1, 0.15) is 5.82 Å². The maximum absolute atomic E-state index is 13.4. The Balaban J connectivity index is 3.15. The Morgan fingerprint density at radius 2 is 2.29 bits per heavy atom. The zero-order chi connectivity index (χ0) is 10.6. The smallest absolute Gasteiger partial charge is 0.152 e. The number of anilines is 1. The van der Waals surface area contributed by atoms with E-state index in [0.717, 1.165) is 0 Å². The van der Waals surface area contributed by atoms with Gasteiger partial charge in [-0.1, -0.05) is 12.1 Å². The molecule has 0 atom stereocenters. The van der Waals surface area contributed by atoms with E-state index in [4.69, 9.17) is 0 Å². The van der Waals surface area contributed by atoms with Crippen LogP contribution in [0, 0.1) is 5.82 Å². The van der Waals surface area contributed by atoms with E-state index >= 15 is 0 Å². The number of halogens is 1. The summed E-state index contributed by atoms with van der Waals surface area (Å²) < 4.78 is 13.4. The van der Waals surface area contributed by atoms with Crippen LogP contribution in [0.2, 0.25) is 0 Å². The van der Waals surface area contributed by atoms with Crippen molar-refractivity contribution >= 4 is 12.0 Å². The van der Waals surface area contributed by atoms with E-state index in [2.05, 4.69) is 6.58 Å². The maximum Gasteiger partial charge on any atom is 0.152 e. The molecule has 1 aromatic rings. The summed E-state index contributed by atoms with van der Waals surface area (Å²) in [5.74, 6) is -0.390. The SMILES string of the molecule is C=CCN(C)c1c(F)cccc1C=O. The van der Waals surface area contributed by atoms with E-state index in [9.17, 15) is 9.18 Å². The van der Waals surface area contributed by atoms with Crippen LogP contribution in [0.3, 0.4) is 0 Å². The van der Waals surface area contributed by atoms with E-state index in [0.29, 0.717) is 24.1 Å². The second-order valence-electron chi connectivity index (χ2n) is 2.96. The third-order valence-corrected chi connectivity index (χ3v) is 1.93. The lowest BCUT2D eigenvalue weighted by atomic mass is 10.1. The molecule has 1 aromatic carbocycles. The van der Waals surface area contributed by atoms with Crippen LogP contribution in [0.15, 0.2) is 30.9 Å². The lowest BCUT2D eigenvalue weighted by molar-refractivity contribution is 0.112. The van der Waals surface area contributed by atoms with Gasteiger partial charge in [0, 0.05) is 19.2 Å². The van der Waals surface area contributed by atoms with Gasteiger partial charge in [0.2, 0.25) is 0 Å². The van der Waals surface area contributed by atoms with Gasteiger partial charge in [0.15, 0.2) is 6.29 Å². The van der Waals surface area contributed by atoms with Crippen LogP contribution in [0.1, 0.15) is 10.4 Å². The summed E-state index contributed by atoms with van der Waals surface area (Å²) in [7, 11) is 1.72. The van der Waals surface area contributed by atoms with Gasteiger partial charge in [-0.25, -0.2) is 4.39 Å². The Kier molecular flexibility index (Phi) is 3.40. The number of aldehydes is 1. The summed E-state index contributed by atoms with van der Waals surface area (Å²) in [5, 5.41) is 0. The van der Waals surface area contributed by atoms with Crippen molar-refractivity contribution in [3.05, 3.63) is 42.2 Å². The Hall–Kier alpha value is -1.64. The lowest BCUT2D eigenvalue weighted by Gasteiger charge is -2.19. The highest BCUT2D eigenvalue weighted by molar-refractivity contribution is 5.84. The minimum Gasteiger partial charge on any atom is -0.368 e. The van der Waals surface area contributed by atoms with Gasteiger partial charge in [-0.15, -0.1) is 6.58 Å². The molecular weight excluding hydrogens is 181 g/mol. The average molecular weight is 193 g/mol. The van der Waals surface area contributed by atoms with Crippen molar-refractivity contribution in [2.24, 2.45) is 0 Å². The van der Waals surface area contributed by atoms with Crippen molar-refractivity contribution in [3.63, 3.8) is 0 Å². The molecule has 0 unspecified atom stereocenters. The summed E-state index contributed by atoms with van der Waals surface area (Å²) in [4.78, 5) is 12.3. The van der Waals surface area contributed by atoms with Crippen molar-refractivity contribution < 1.29 is 9.18 Å². The fourth-order valence-corrected chi connectivity index (χ4v) is 1.31. The van der Waals surface area contributed by atoms with Crippen molar-refractivity contribution in [2.45, 2.75) is 0 Å². The summed E-state index contributed by atoms with van der Waals surface area (Å²) in [6.07, 6.45) is 2.30. The van der Waals surface area contributed by atoms with Gasteiger partial charge in [-0.3, -0.25) is 4.79 Å². The van der Waals surface area contributed by atoms with Crippen LogP contribution in [-0.4, -0.2) is 19.9 Å². The molecule has 0 saturated heterocycles. The van der Waals surface area contributed by atoms with Crippen LogP contribution >= 0.6 is 0 Å². The van der Waals surface area contributed by atoms with Crippen molar-refractivity contribution in [1.29, 1.82) is 0 Å². The summed E-state index contributed by atoms with van der Waals surface area (Å²) >= 11 is 0. The summed E-state index contributed by atoms with van der Waals surface area (Å²) in [5.41, 5.74) is 0.678. The molecule has 0 aliphatic carbocycles. The second kappa shape index (κ2) is 4.56. The molecule has 0 N–H and O–H groups in total. The molecule has 2 nitrogen and oxygen atoms in total. The minimum absolute atomic E-state index is 0.322. The van der Waals surface area contributed by atoms with Crippen LogP contribution < -0.4 is 4.90 Å². The number of hydrogen-bond acceptors (Lipinski definition) is 2. The van der Waals surface area contributed by atoms with Gasteiger partial charge >= 0.3 is 0 Å². The normalized spacial score (nSPS) is 9.57. The van der Waals surface area contributed by atoms with Crippen molar-refractivity contribution in [3.8, 4) is 0 Å². The number of rotatable bonds is 4. The Morgan fingerprint density at radius 3 is 2.86 bits per heavy atom. The number of benzene rings is 1. The molecule has 0 aromatic heterocycles. The van der Waals surface area contributed by atoms with E-state index in [1.54, 1.807) is 24.1 Å². The molecule has 74 valence electrons. The predicted octanol–water partition coefficient (Wildman–Crippen LogP) is 2.26. The fraction of sp³-hybridized carbons (Fsp3) is 0.182. The van der Waals surface area contributed by atoms with Crippen molar-refractivity contribution in [1.82, 2.24) is 0 Å². The number of nitrogens with zero attached hydrogens (tertiary/aromatic N) is 1. The molecule has 0 heterocycles. The Morgan fingerprint density at radius 1 is 1.57 bits per heavy atom. The molecule has 0 fully saturated rings. The van der Waals surface area contributed by atoms with E-state index < -0.39 is 0 Å². The third-order valence-electron chi connectivity index (χ3n) is 1.93. The topological polar surface area (TPSA) is 20.3 Å². The van der Waals surface area contributed by atoms with Crippen LogP contribution in [0.25, 0.3) is 0 Å². The largest absolute Gasteiger partial charge is 0.368 e. The number of likely N-dealkylation sites (N-methyl/N-ethyl adjacent to an activating group) is 1. The monoisotopic (exact) mass is 193 g/mol. The zero-order valence-corrected chi connectivity index (χ0v) is 8.03. The number of hydrogen-bond donors (Lipinski definition) is 0. The number of para-hydroxylation sites is 1. The lowest BCUT2D eigenvalue weighted by Crippen LogP contribution is -2.19. The Bertz CT molecular complexity index is 349. The standard InChI is InChI=1S/C11H12FNO/c1-3-7-13(2)11-9(8-14)5-4-6-10(11)12/h3-6,8H,1,7H2,2H3. The summed E-state index contributed by atoms with van der Waals surface area (Å²) in [6.45, 7) is 4.06. The average Bonchev–Trinajstić information content (AvgIpc) is 2.17. The minimum atomic E-state index is -0.390. The Labute approximate surface area is 82.7 Å². The molecular formula is C11H12FNO. The molecule has 0 amide bonds. The van der Waals surface area contributed by atoms with Gasteiger partial charge in [-0.05, 0) is 12.1 Å². The molecule has 3 heteroatoms. The van der Waals surface area contributed by atoms with Crippen molar-refractivity contribution in [2.75, 3.05) is 18.5 Å². The number of carbonyl (C=O) groups is 1. The molecule has 0 spiro atoms. The molecule has 0 radical (unpaired) electrons. The highest BCUT2D eigenvalue weighted by atomic mass is 19.1. The zero-order valence-electron chi connectivity index (χ0n) is 8.03. The second-order valence-corrected chi connectivity index (χ2v) is 2.96. The number of carbonyl (C=O) groups excluding carboxylic acids is 1. The highest BCUT2D eigenvalue weighted by Gasteiger charge is 2.10. The molecule has 1 rings (SSSR count). The molecule has 0 aliphatic heterocycles. The summed E-state index contributed by atoms with van der Waals surface area (Å²) in [6, 6.07) is 4.44. The van der Waals surface area contributed by atoms with Crippen LogP contribution in [0.4, 0.5) is 10.1 Å². The predicted molar refractivity (Wildman–Crippen MR) is 55.3 cm³/mol.